The summed E-state index contributed by atoms with van der Waals surface area (Å²) >= 11 is 1.27. The lowest BCUT2D eigenvalue weighted by Gasteiger charge is -2.05. The van der Waals surface area contributed by atoms with Gasteiger partial charge in [-0.15, -0.1) is 0 Å². The van der Waals surface area contributed by atoms with Gasteiger partial charge in [0.25, 0.3) is 5.91 Å². The third kappa shape index (κ3) is 3.58. The largest absolute Gasteiger partial charge is 0.393 e. The topological polar surface area (TPSA) is 100 Å². The molecule has 1 unspecified atom stereocenters. The number of aliphatic hydroxyl groups excluding tert-OH is 1. The number of hydrogen-bond donors (Lipinski definition) is 4. The molecule has 6 nitrogen and oxygen atoms in total. The molecule has 18 heavy (non-hydrogen) atoms. The number of amides is 1. The highest BCUT2D eigenvalue weighted by molar-refractivity contribution is 7.18. The summed E-state index contributed by atoms with van der Waals surface area (Å²) in [5.74, 6) is 0.0344. The number of carbonyl (C=O) groups is 1. The van der Waals surface area contributed by atoms with E-state index in [-0.39, 0.29) is 11.7 Å². The molecule has 0 bridgehead atoms. The molecule has 2 rings (SSSR count). The maximum atomic E-state index is 11.8. The number of aliphatic hydroxyl groups is 1. The quantitative estimate of drug-likeness (QED) is 0.612. The smallest absolute Gasteiger partial charge is 0.265 e. The van der Waals surface area contributed by atoms with E-state index in [1.807, 2.05) is 0 Å². The second-order valence-corrected chi connectivity index (χ2v) is 5.54. The van der Waals surface area contributed by atoms with Crippen molar-refractivity contribution in [1.82, 2.24) is 10.3 Å². The number of aromatic nitrogens is 1. The van der Waals surface area contributed by atoms with Gasteiger partial charge in [-0.25, -0.2) is 4.98 Å². The molecule has 1 heterocycles. The van der Waals surface area contributed by atoms with Crippen molar-refractivity contribution in [3.63, 3.8) is 0 Å². The Balaban J connectivity index is 1.89. The Morgan fingerprint density at radius 3 is 3.00 bits per heavy atom. The fourth-order valence-corrected chi connectivity index (χ4v) is 2.31. The highest BCUT2D eigenvalue weighted by Crippen LogP contribution is 2.30. The maximum absolute atomic E-state index is 11.8. The molecular weight excluding hydrogens is 252 g/mol. The Morgan fingerprint density at radius 2 is 2.39 bits per heavy atom. The van der Waals surface area contributed by atoms with E-state index in [4.69, 9.17) is 10.8 Å². The van der Waals surface area contributed by atoms with Gasteiger partial charge in [-0.3, -0.25) is 4.79 Å². The molecule has 1 amide bonds. The van der Waals surface area contributed by atoms with E-state index < -0.39 is 6.10 Å². The van der Waals surface area contributed by atoms with Crippen molar-refractivity contribution in [3.05, 3.63) is 4.88 Å². The summed E-state index contributed by atoms with van der Waals surface area (Å²) < 4.78 is 0. The van der Waals surface area contributed by atoms with Crippen molar-refractivity contribution < 1.29 is 9.90 Å². The Labute approximate surface area is 110 Å². The van der Waals surface area contributed by atoms with Crippen molar-refractivity contribution in [3.8, 4) is 0 Å². The minimum atomic E-state index is -0.420. The van der Waals surface area contributed by atoms with Crippen molar-refractivity contribution in [2.75, 3.05) is 17.6 Å². The minimum Gasteiger partial charge on any atom is -0.393 e. The lowest BCUT2D eigenvalue weighted by Crippen LogP contribution is -2.26. The Morgan fingerprint density at radius 1 is 1.67 bits per heavy atom. The van der Waals surface area contributed by atoms with Crippen molar-refractivity contribution >= 4 is 28.2 Å². The van der Waals surface area contributed by atoms with Gasteiger partial charge in [0.1, 0.15) is 10.7 Å². The van der Waals surface area contributed by atoms with Crippen LogP contribution in [-0.2, 0) is 0 Å². The molecule has 1 aliphatic rings. The van der Waals surface area contributed by atoms with E-state index in [0.717, 1.165) is 12.8 Å². The van der Waals surface area contributed by atoms with Gasteiger partial charge in [0, 0.05) is 12.6 Å². The number of nitrogens with zero attached hydrogens (tertiary/aromatic N) is 1. The number of anilines is 2. The van der Waals surface area contributed by atoms with E-state index in [1.54, 1.807) is 6.92 Å². The molecule has 5 N–H and O–H groups in total. The number of rotatable bonds is 6. The van der Waals surface area contributed by atoms with Gasteiger partial charge in [-0.2, -0.15) is 0 Å². The van der Waals surface area contributed by atoms with E-state index in [9.17, 15) is 4.79 Å². The Bertz CT molecular complexity index is 429. The third-order valence-electron chi connectivity index (χ3n) is 2.61. The number of nitrogens with one attached hydrogen (secondary N) is 2. The number of carbonyl (C=O) groups excluding carboxylic acids is 1. The summed E-state index contributed by atoms with van der Waals surface area (Å²) in [7, 11) is 0. The van der Waals surface area contributed by atoms with Crippen molar-refractivity contribution in [2.24, 2.45) is 0 Å². The highest BCUT2D eigenvalue weighted by Gasteiger charge is 2.24. The Hall–Kier alpha value is -1.34. The molecule has 1 aromatic rings. The predicted octanol–water partition coefficient (Wildman–Crippen LogP) is 0.800. The number of nitrogens with two attached hydrogens (primary N) is 1. The van der Waals surface area contributed by atoms with Crippen LogP contribution in [0.1, 0.15) is 35.9 Å². The molecule has 0 saturated heterocycles. The van der Waals surface area contributed by atoms with Gasteiger partial charge in [0.15, 0.2) is 5.13 Å². The first kappa shape index (κ1) is 13.1. The third-order valence-corrected chi connectivity index (χ3v) is 3.61. The summed E-state index contributed by atoms with van der Waals surface area (Å²) in [6.07, 6.45) is 2.40. The standard InChI is InChI=1S/C11H18N4O2S/c1-6(16)4-5-13-10(17)8-9(12)15-11(18-8)14-7-2-3-7/h6-7,16H,2-5,12H2,1H3,(H,13,17)(H,14,15). The van der Waals surface area contributed by atoms with Crippen LogP contribution in [-0.4, -0.2) is 34.7 Å². The number of thiazole rings is 1. The predicted molar refractivity (Wildman–Crippen MR) is 71.8 cm³/mol. The number of nitrogen functional groups attached to an aromatic ring is 1. The van der Waals surface area contributed by atoms with Gasteiger partial charge < -0.3 is 21.5 Å². The van der Waals surface area contributed by atoms with Crippen molar-refractivity contribution in [2.45, 2.75) is 38.3 Å². The first-order valence-corrected chi connectivity index (χ1v) is 6.87. The molecule has 0 radical (unpaired) electrons. The normalized spacial score (nSPS) is 16.3. The minimum absolute atomic E-state index is 0.227. The van der Waals surface area contributed by atoms with Crippen molar-refractivity contribution in [1.29, 1.82) is 0 Å². The summed E-state index contributed by atoms with van der Waals surface area (Å²) in [4.78, 5) is 16.4. The average Bonchev–Trinajstić information content (AvgIpc) is 3.01. The molecule has 0 aromatic carbocycles. The zero-order chi connectivity index (χ0) is 13.1. The second kappa shape index (κ2) is 5.53. The van der Waals surface area contributed by atoms with E-state index >= 15 is 0 Å². The van der Waals surface area contributed by atoms with Crippen LogP contribution in [0.25, 0.3) is 0 Å². The van der Waals surface area contributed by atoms with Crippen LogP contribution >= 0.6 is 11.3 Å². The number of hydrogen-bond acceptors (Lipinski definition) is 6. The van der Waals surface area contributed by atoms with Gasteiger partial charge in [-0.1, -0.05) is 11.3 Å². The zero-order valence-electron chi connectivity index (χ0n) is 10.3. The highest BCUT2D eigenvalue weighted by atomic mass is 32.1. The molecule has 7 heteroatoms. The van der Waals surface area contributed by atoms with Crippen LogP contribution in [0.4, 0.5) is 10.9 Å². The fraction of sp³-hybridized carbons (Fsp3) is 0.636. The molecule has 1 aromatic heterocycles. The maximum Gasteiger partial charge on any atom is 0.265 e. The molecular formula is C11H18N4O2S. The van der Waals surface area contributed by atoms with E-state index in [1.165, 1.54) is 11.3 Å². The lowest BCUT2D eigenvalue weighted by molar-refractivity contribution is 0.0950. The van der Waals surface area contributed by atoms with E-state index in [2.05, 4.69) is 15.6 Å². The van der Waals surface area contributed by atoms with Gasteiger partial charge >= 0.3 is 0 Å². The molecule has 1 saturated carbocycles. The molecule has 1 aliphatic carbocycles. The summed E-state index contributed by atoms with van der Waals surface area (Å²) in [5, 5.41) is 15.7. The second-order valence-electron chi connectivity index (χ2n) is 4.55. The molecule has 0 aliphatic heterocycles. The summed E-state index contributed by atoms with van der Waals surface area (Å²) in [6, 6.07) is 0.488. The fourth-order valence-electron chi connectivity index (χ4n) is 1.43. The molecule has 100 valence electrons. The van der Waals surface area contributed by atoms with Gasteiger partial charge in [-0.05, 0) is 26.2 Å². The van der Waals surface area contributed by atoms with Crippen LogP contribution in [0, 0.1) is 0 Å². The summed E-state index contributed by atoms with van der Waals surface area (Å²) in [6.45, 7) is 2.12. The first-order valence-electron chi connectivity index (χ1n) is 6.05. The van der Waals surface area contributed by atoms with Crippen LogP contribution < -0.4 is 16.4 Å². The molecule has 1 atom stereocenters. The first-order chi connectivity index (χ1) is 8.56. The molecule has 1 fully saturated rings. The SMILES string of the molecule is CC(O)CCNC(=O)c1sc(NC2CC2)nc1N. The monoisotopic (exact) mass is 270 g/mol. The van der Waals surface area contributed by atoms with Crippen LogP contribution in [0.5, 0.6) is 0 Å². The zero-order valence-corrected chi connectivity index (χ0v) is 11.1. The molecule has 0 spiro atoms. The van der Waals surface area contributed by atoms with Crippen LogP contribution in [0.3, 0.4) is 0 Å². The van der Waals surface area contributed by atoms with Gasteiger partial charge in [0.2, 0.25) is 0 Å². The van der Waals surface area contributed by atoms with Gasteiger partial charge in [0.05, 0.1) is 6.10 Å². The Kier molecular flexibility index (Phi) is 4.03. The van der Waals surface area contributed by atoms with E-state index in [0.29, 0.717) is 29.0 Å². The summed E-state index contributed by atoms with van der Waals surface area (Å²) in [5.41, 5.74) is 5.72. The van der Waals surface area contributed by atoms with Crippen LogP contribution in [0.2, 0.25) is 0 Å². The van der Waals surface area contributed by atoms with Crippen LogP contribution in [0.15, 0.2) is 0 Å². The average molecular weight is 270 g/mol. The lowest BCUT2D eigenvalue weighted by atomic mass is 10.3.